The van der Waals surface area contributed by atoms with Crippen molar-refractivity contribution in [1.29, 1.82) is 0 Å². The molecule has 1 aliphatic heterocycles. The van der Waals surface area contributed by atoms with Crippen molar-refractivity contribution >= 4 is 0 Å². The lowest BCUT2D eigenvalue weighted by Crippen LogP contribution is -2.32. The van der Waals surface area contributed by atoms with Gasteiger partial charge < -0.3 is 4.74 Å². The summed E-state index contributed by atoms with van der Waals surface area (Å²) < 4.78 is 5.36. The van der Waals surface area contributed by atoms with Gasteiger partial charge in [0, 0.05) is 42.9 Å². The number of rotatable bonds is 5. The van der Waals surface area contributed by atoms with Crippen molar-refractivity contribution in [1.82, 2.24) is 15.1 Å². The smallest absolute Gasteiger partial charge is 0.119 e. The molecule has 0 atom stereocenters. The van der Waals surface area contributed by atoms with E-state index in [0.29, 0.717) is 0 Å². The number of nitrogens with zero attached hydrogens (tertiary/aromatic N) is 2. The van der Waals surface area contributed by atoms with E-state index >= 15 is 0 Å². The Labute approximate surface area is 148 Å². The molecule has 1 aromatic heterocycles. The van der Waals surface area contributed by atoms with Gasteiger partial charge in [-0.05, 0) is 24.1 Å². The third-order valence-electron chi connectivity index (χ3n) is 4.92. The number of nitrogens with one attached hydrogen (secondary N) is 1. The maximum Gasteiger partial charge on any atom is 0.119 e. The molecule has 0 saturated carbocycles. The topological polar surface area (TPSA) is 41.1 Å². The van der Waals surface area contributed by atoms with Crippen LogP contribution in [0.1, 0.15) is 16.8 Å². The van der Waals surface area contributed by atoms with E-state index in [-0.39, 0.29) is 0 Å². The molecule has 0 spiro atoms. The normalized spacial score (nSPS) is 14.3. The van der Waals surface area contributed by atoms with Gasteiger partial charge in [-0.1, -0.05) is 42.5 Å². The number of hydrogen-bond donors (Lipinski definition) is 1. The summed E-state index contributed by atoms with van der Waals surface area (Å²) in [6.45, 7) is 3.11. The monoisotopic (exact) mass is 333 g/mol. The molecule has 0 amide bonds. The Morgan fingerprint density at radius 3 is 2.84 bits per heavy atom. The van der Waals surface area contributed by atoms with Crippen LogP contribution in [0.2, 0.25) is 0 Å². The highest BCUT2D eigenvalue weighted by atomic mass is 16.5. The Kier molecular flexibility index (Phi) is 4.53. The van der Waals surface area contributed by atoms with Crippen molar-refractivity contribution in [2.75, 3.05) is 20.2 Å². The molecular formula is C21H23N3O. The number of H-pyrrole nitrogens is 1. The van der Waals surface area contributed by atoms with Gasteiger partial charge >= 0.3 is 0 Å². The van der Waals surface area contributed by atoms with Gasteiger partial charge in [0.05, 0.1) is 12.8 Å². The molecule has 4 rings (SSSR count). The molecule has 128 valence electrons. The third kappa shape index (κ3) is 3.44. The number of ether oxygens (including phenoxy) is 1. The molecule has 0 unspecified atom stereocenters. The van der Waals surface area contributed by atoms with E-state index < -0.39 is 0 Å². The van der Waals surface area contributed by atoms with Crippen LogP contribution in [0.4, 0.5) is 0 Å². The minimum Gasteiger partial charge on any atom is -0.497 e. The quantitative estimate of drug-likeness (QED) is 0.774. The number of aromatic amines is 1. The predicted molar refractivity (Wildman–Crippen MR) is 99.7 cm³/mol. The summed E-state index contributed by atoms with van der Waals surface area (Å²) in [5, 5.41) is 7.83. The molecule has 4 heteroatoms. The number of aromatic nitrogens is 2. The summed E-state index contributed by atoms with van der Waals surface area (Å²) in [5.41, 5.74) is 6.16. The standard InChI is InChI=1S/C21H23N3O/c1-25-18-9-5-8-17(14-18)21-19-15-24(13-11-20(19)22-23-21)12-10-16-6-3-2-4-7-16/h2-9,14H,10-13,15H2,1H3,(H,22,23). The number of benzene rings is 2. The minimum atomic E-state index is 0.867. The summed E-state index contributed by atoms with van der Waals surface area (Å²) in [5.74, 6) is 0.867. The van der Waals surface area contributed by atoms with Gasteiger partial charge in [-0.25, -0.2) is 0 Å². The van der Waals surface area contributed by atoms with Gasteiger partial charge in [-0.15, -0.1) is 0 Å². The van der Waals surface area contributed by atoms with Crippen LogP contribution in [0.5, 0.6) is 5.75 Å². The van der Waals surface area contributed by atoms with Gasteiger partial charge in [0.15, 0.2) is 0 Å². The summed E-state index contributed by atoms with van der Waals surface area (Å²) in [4.78, 5) is 2.52. The second-order valence-electron chi connectivity index (χ2n) is 6.52. The van der Waals surface area contributed by atoms with Gasteiger partial charge in [0.1, 0.15) is 5.75 Å². The average Bonchev–Trinajstić information content (AvgIpc) is 3.10. The van der Waals surface area contributed by atoms with Crippen molar-refractivity contribution in [2.45, 2.75) is 19.4 Å². The lowest BCUT2D eigenvalue weighted by atomic mass is 10.0. The van der Waals surface area contributed by atoms with Crippen LogP contribution in [0.3, 0.4) is 0 Å². The molecule has 1 aliphatic rings. The Balaban J connectivity index is 1.51. The Morgan fingerprint density at radius 2 is 2.00 bits per heavy atom. The fourth-order valence-electron chi connectivity index (χ4n) is 3.48. The van der Waals surface area contributed by atoms with Gasteiger partial charge in [0.25, 0.3) is 0 Å². The van der Waals surface area contributed by atoms with Crippen LogP contribution < -0.4 is 4.74 Å². The number of fused-ring (bicyclic) bond motifs is 1. The molecule has 4 nitrogen and oxygen atoms in total. The maximum absolute atomic E-state index is 5.36. The van der Waals surface area contributed by atoms with Gasteiger partial charge in [-0.2, -0.15) is 5.10 Å². The van der Waals surface area contributed by atoms with E-state index in [1.807, 2.05) is 12.1 Å². The zero-order chi connectivity index (χ0) is 17.1. The van der Waals surface area contributed by atoms with E-state index in [1.165, 1.54) is 16.8 Å². The molecule has 1 N–H and O–H groups in total. The lowest BCUT2D eigenvalue weighted by Gasteiger charge is -2.27. The highest BCUT2D eigenvalue weighted by molar-refractivity contribution is 5.65. The van der Waals surface area contributed by atoms with Crippen LogP contribution in [-0.4, -0.2) is 35.3 Å². The van der Waals surface area contributed by atoms with Crippen molar-refractivity contribution in [2.24, 2.45) is 0 Å². The van der Waals surface area contributed by atoms with Crippen LogP contribution in [0.15, 0.2) is 54.6 Å². The SMILES string of the molecule is COc1cccc(-c2n[nH]c3c2CN(CCc2ccccc2)CC3)c1. The molecule has 2 aromatic carbocycles. The van der Waals surface area contributed by atoms with Crippen molar-refractivity contribution in [3.63, 3.8) is 0 Å². The summed E-state index contributed by atoms with van der Waals surface area (Å²) in [7, 11) is 1.70. The third-order valence-corrected chi connectivity index (χ3v) is 4.92. The Morgan fingerprint density at radius 1 is 1.12 bits per heavy atom. The van der Waals surface area contributed by atoms with E-state index in [0.717, 1.165) is 49.5 Å². The first-order valence-electron chi connectivity index (χ1n) is 8.80. The Hall–Kier alpha value is -2.59. The van der Waals surface area contributed by atoms with Crippen molar-refractivity contribution in [3.8, 4) is 17.0 Å². The minimum absolute atomic E-state index is 0.867. The van der Waals surface area contributed by atoms with E-state index in [2.05, 4.69) is 57.6 Å². The van der Waals surface area contributed by atoms with Crippen LogP contribution in [0.25, 0.3) is 11.3 Å². The van der Waals surface area contributed by atoms with Crippen molar-refractivity contribution in [3.05, 3.63) is 71.4 Å². The molecule has 0 radical (unpaired) electrons. The van der Waals surface area contributed by atoms with Gasteiger partial charge in [-0.3, -0.25) is 10.00 Å². The molecular weight excluding hydrogens is 310 g/mol. The first kappa shape index (κ1) is 15.9. The first-order chi connectivity index (χ1) is 12.3. The predicted octanol–water partition coefficient (Wildman–Crippen LogP) is 3.69. The molecule has 3 aromatic rings. The average molecular weight is 333 g/mol. The molecule has 0 saturated heterocycles. The van der Waals surface area contributed by atoms with E-state index in [4.69, 9.17) is 4.74 Å². The zero-order valence-electron chi connectivity index (χ0n) is 14.5. The number of methoxy groups -OCH3 is 1. The lowest BCUT2D eigenvalue weighted by molar-refractivity contribution is 0.257. The van der Waals surface area contributed by atoms with Crippen LogP contribution in [-0.2, 0) is 19.4 Å². The second-order valence-corrected chi connectivity index (χ2v) is 6.52. The maximum atomic E-state index is 5.36. The van der Waals surface area contributed by atoms with Gasteiger partial charge in [0.2, 0.25) is 0 Å². The summed E-state index contributed by atoms with van der Waals surface area (Å²) >= 11 is 0. The molecule has 0 fully saturated rings. The highest BCUT2D eigenvalue weighted by Gasteiger charge is 2.22. The fourth-order valence-corrected chi connectivity index (χ4v) is 3.48. The zero-order valence-corrected chi connectivity index (χ0v) is 14.5. The first-order valence-corrected chi connectivity index (χ1v) is 8.80. The molecule has 25 heavy (non-hydrogen) atoms. The number of hydrogen-bond acceptors (Lipinski definition) is 3. The highest BCUT2D eigenvalue weighted by Crippen LogP contribution is 2.30. The molecule has 0 aliphatic carbocycles. The molecule has 2 heterocycles. The van der Waals surface area contributed by atoms with E-state index in [1.54, 1.807) is 7.11 Å². The van der Waals surface area contributed by atoms with Crippen LogP contribution >= 0.6 is 0 Å². The van der Waals surface area contributed by atoms with E-state index in [9.17, 15) is 0 Å². The fraction of sp³-hybridized carbons (Fsp3) is 0.286. The Bertz CT molecular complexity index is 841. The second kappa shape index (κ2) is 7.11. The van der Waals surface area contributed by atoms with Crippen LogP contribution in [0, 0.1) is 0 Å². The largest absolute Gasteiger partial charge is 0.497 e. The molecule has 0 bridgehead atoms. The summed E-state index contributed by atoms with van der Waals surface area (Å²) in [6, 6.07) is 18.8. The van der Waals surface area contributed by atoms with Crippen molar-refractivity contribution < 1.29 is 4.74 Å². The summed E-state index contributed by atoms with van der Waals surface area (Å²) in [6.07, 6.45) is 2.11.